The van der Waals surface area contributed by atoms with E-state index < -0.39 is 0 Å². The van der Waals surface area contributed by atoms with Crippen molar-refractivity contribution in [2.45, 2.75) is 25.1 Å². The third-order valence-corrected chi connectivity index (χ3v) is 5.74. The Morgan fingerprint density at radius 3 is 2.83 bits per heavy atom. The number of esters is 1. The summed E-state index contributed by atoms with van der Waals surface area (Å²) in [4.78, 5) is 25.9. The maximum Gasteiger partial charge on any atom is 0.309 e. The molecule has 1 N–H and O–H groups in total. The zero-order valence-corrected chi connectivity index (χ0v) is 13.9. The summed E-state index contributed by atoms with van der Waals surface area (Å²) in [6.45, 7) is 2.86. The molecule has 3 atom stereocenters. The third kappa shape index (κ3) is 3.63. The molecule has 2 aliphatic rings. The first-order valence-electron chi connectivity index (χ1n) is 7.95. The number of rotatable bonds is 6. The molecule has 1 amide bonds. The Hall–Kier alpha value is -1.69. The van der Waals surface area contributed by atoms with Crippen molar-refractivity contribution in [3.8, 4) is 5.75 Å². The molecule has 1 aromatic rings. The zero-order chi connectivity index (χ0) is 16.4. The monoisotopic (exact) mass is 335 g/mol. The highest BCUT2D eigenvalue weighted by Gasteiger charge is 2.53. The van der Waals surface area contributed by atoms with Crippen LogP contribution in [0.15, 0.2) is 24.3 Å². The van der Waals surface area contributed by atoms with Crippen LogP contribution in [0.25, 0.3) is 0 Å². The van der Waals surface area contributed by atoms with Crippen molar-refractivity contribution in [2.75, 3.05) is 18.9 Å². The third-order valence-electron chi connectivity index (χ3n) is 4.38. The molecule has 1 saturated carbocycles. The minimum Gasteiger partial charge on any atom is -0.508 e. The first-order valence-corrected chi connectivity index (χ1v) is 9.00. The van der Waals surface area contributed by atoms with Gasteiger partial charge in [0, 0.05) is 12.5 Å². The van der Waals surface area contributed by atoms with Crippen LogP contribution in [-0.4, -0.2) is 46.2 Å². The van der Waals surface area contributed by atoms with Crippen molar-refractivity contribution >= 4 is 23.6 Å². The largest absolute Gasteiger partial charge is 0.508 e. The molecule has 23 heavy (non-hydrogen) atoms. The van der Waals surface area contributed by atoms with Gasteiger partial charge in [-0.05, 0) is 37.5 Å². The second-order valence-electron chi connectivity index (χ2n) is 5.96. The average molecular weight is 335 g/mol. The molecule has 0 radical (unpaired) electrons. The van der Waals surface area contributed by atoms with Gasteiger partial charge in [0.05, 0.1) is 23.7 Å². The van der Waals surface area contributed by atoms with E-state index >= 15 is 0 Å². The molecule has 6 heteroatoms. The van der Waals surface area contributed by atoms with Crippen molar-refractivity contribution in [1.82, 2.24) is 4.90 Å². The zero-order valence-electron chi connectivity index (χ0n) is 13.1. The van der Waals surface area contributed by atoms with E-state index in [4.69, 9.17) is 4.74 Å². The normalized spacial score (nSPS) is 26.4. The summed E-state index contributed by atoms with van der Waals surface area (Å²) >= 11 is 1.63. The molecule has 1 aliphatic carbocycles. The molecule has 3 unspecified atom stereocenters. The molecule has 124 valence electrons. The lowest BCUT2D eigenvalue weighted by Crippen LogP contribution is -2.36. The highest BCUT2D eigenvalue weighted by molar-refractivity contribution is 8.01. The molecule has 1 aliphatic heterocycles. The summed E-state index contributed by atoms with van der Waals surface area (Å²) in [5.41, 5.74) is 1.09. The molecule has 3 rings (SSSR count). The standard InChI is InChI=1S/C17H21NO4S/c1-2-22-17(21)14-9-13(14)16-18(15(20)10-23-16)8-7-11-3-5-12(19)6-4-11/h3-6,13-14,16,19H,2,7-10H2,1H3. The lowest BCUT2D eigenvalue weighted by molar-refractivity contribution is -0.145. The van der Waals surface area contributed by atoms with Crippen LogP contribution >= 0.6 is 11.8 Å². The van der Waals surface area contributed by atoms with Gasteiger partial charge in [0.15, 0.2) is 0 Å². The molecule has 5 nitrogen and oxygen atoms in total. The fourth-order valence-corrected chi connectivity index (χ4v) is 4.47. The minimum absolute atomic E-state index is 0.0467. The lowest BCUT2D eigenvalue weighted by Gasteiger charge is -2.24. The molecular weight excluding hydrogens is 314 g/mol. The number of thioether (sulfide) groups is 1. The molecule has 1 heterocycles. The lowest BCUT2D eigenvalue weighted by atomic mass is 10.1. The second kappa shape index (κ2) is 6.83. The van der Waals surface area contributed by atoms with Crippen LogP contribution in [0, 0.1) is 11.8 Å². The smallest absolute Gasteiger partial charge is 0.309 e. The molecule has 1 saturated heterocycles. The van der Waals surface area contributed by atoms with Gasteiger partial charge >= 0.3 is 5.97 Å². The Kier molecular flexibility index (Phi) is 4.80. The maximum atomic E-state index is 12.1. The van der Waals surface area contributed by atoms with Gasteiger partial charge in [-0.2, -0.15) is 0 Å². The first-order chi connectivity index (χ1) is 11.1. The molecule has 2 fully saturated rings. The van der Waals surface area contributed by atoms with E-state index in [0.717, 1.165) is 18.4 Å². The summed E-state index contributed by atoms with van der Waals surface area (Å²) < 4.78 is 5.08. The Morgan fingerprint density at radius 2 is 2.13 bits per heavy atom. The van der Waals surface area contributed by atoms with Crippen LogP contribution in [0.5, 0.6) is 5.75 Å². The van der Waals surface area contributed by atoms with Gasteiger partial charge in [0.2, 0.25) is 5.91 Å². The number of amides is 1. The summed E-state index contributed by atoms with van der Waals surface area (Å²) in [7, 11) is 0. The number of aromatic hydroxyl groups is 1. The highest BCUT2D eigenvalue weighted by Crippen LogP contribution is 2.49. The number of hydrogen-bond donors (Lipinski definition) is 1. The van der Waals surface area contributed by atoms with Gasteiger partial charge in [-0.1, -0.05) is 12.1 Å². The number of carbonyl (C=O) groups is 2. The SMILES string of the molecule is CCOC(=O)C1CC1C1SCC(=O)N1CCc1ccc(O)cc1. The van der Waals surface area contributed by atoms with E-state index in [1.54, 1.807) is 23.9 Å². The van der Waals surface area contributed by atoms with E-state index in [1.807, 2.05) is 24.0 Å². The van der Waals surface area contributed by atoms with E-state index in [9.17, 15) is 14.7 Å². The highest BCUT2D eigenvalue weighted by atomic mass is 32.2. The minimum atomic E-state index is -0.129. The van der Waals surface area contributed by atoms with Gasteiger partial charge in [-0.3, -0.25) is 9.59 Å². The van der Waals surface area contributed by atoms with Gasteiger partial charge in [0.25, 0.3) is 0 Å². The number of phenolic OH excluding ortho intramolecular Hbond substituents is 1. The van der Waals surface area contributed by atoms with Crippen molar-refractivity contribution in [2.24, 2.45) is 11.8 Å². The number of carbonyl (C=O) groups excluding carboxylic acids is 2. The van der Waals surface area contributed by atoms with Crippen LogP contribution < -0.4 is 0 Å². The van der Waals surface area contributed by atoms with Crippen LogP contribution in [0.2, 0.25) is 0 Å². The summed E-state index contributed by atoms with van der Waals surface area (Å²) in [6, 6.07) is 7.06. The van der Waals surface area contributed by atoms with Crippen LogP contribution in [0.4, 0.5) is 0 Å². The van der Waals surface area contributed by atoms with Gasteiger partial charge in [-0.15, -0.1) is 11.8 Å². The molecule has 0 aromatic heterocycles. The van der Waals surface area contributed by atoms with E-state index in [2.05, 4.69) is 0 Å². The Bertz CT molecular complexity index is 589. The quantitative estimate of drug-likeness (QED) is 0.806. The van der Waals surface area contributed by atoms with Crippen molar-refractivity contribution in [3.05, 3.63) is 29.8 Å². The number of nitrogens with zero attached hydrogens (tertiary/aromatic N) is 1. The fraction of sp³-hybridized carbons (Fsp3) is 0.529. The van der Waals surface area contributed by atoms with Crippen LogP contribution in [0.3, 0.4) is 0 Å². The fourth-order valence-electron chi connectivity index (χ4n) is 3.04. The number of benzene rings is 1. The Morgan fingerprint density at radius 1 is 1.39 bits per heavy atom. The molecular formula is C17H21NO4S. The molecule has 0 bridgehead atoms. The van der Waals surface area contributed by atoms with Gasteiger partial charge in [0.1, 0.15) is 5.75 Å². The van der Waals surface area contributed by atoms with E-state index in [-0.39, 0.29) is 34.8 Å². The van der Waals surface area contributed by atoms with Crippen molar-refractivity contribution in [1.29, 1.82) is 0 Å². The van der Waals surface area contributed by atoms with Gasteiger partial charge < -0.3 is 14.7 Å². The predicted molar refractivity (Wildman–Crippen MR) is 88.0 cm³/mol. The van der Waals surface area contributed by atoms with Crippen LogP contribution in [0.1, 0.15) is 18.9 Å². The maximum absolute atomic E-state index is 12.1. The molecule has 0 spiro atoms. The second-order valence-corrected chi connectivity index (χ2v) is 7.07. The first kappa shape index (κ1) is 16.2. The Balaban J connectivity index is 1.58. The summed E-state index contributed by atoms with van der Waals surface area (Å²) in [6.07, 6.45) is 1.57. The Labute approximate surface area is 140 Å². The predicted octanol–water partition coefficient (Wildman–Crippen LogP) is 2.04. The molecule has 1 aromatic carbocycles. The number of hydrogen-bond acceptors (Lipinski definition) is 5. The van der Waals surface area contributed by atoms with E-state index in [1.165, 1.54) is 0 Å². The van der Waals surface area contributed by atoms with E-state index in [0.29, 0.717) is 18.9 Å². The van der Waals surface area contributed by atoms with Crippen molar-refractivity contribution in [3.63, 3.8) is 0 Å². The topological polar surface area (TPSA) is 66.8 Å². The average Bonchev–Trinajstić information content (AvgIpc) is 3.25. The van der Waals surface area contributed by atoms with Gasteiger partial charge in [-0.25, -0.2) is 0 Å². The summed E-state index contributed by atoms with van der Waals surface area (Å²) in [5.74, 6) is 0.936. The van der Waals surface area contributed by atoms with Crippen LogP contribution in [-0.2, 0) is 20.7 Å². The number of ether oxygens (including phenoxy) is 1. The summed E-state index contributed by atoms with van der Waals surface area (Å²) in [5, 5.41) is 9.41. The van der Waals surface area contributed by atoms with Crippen molar-refractivity contribution < 1.29 is 19.4 Å². The number of phenols is 1.